The summed E-state index contributed by atoms with van der Waals surface area (Å²) in [6, 6.07) is 13.0. The summed E-state index contributed by atoms with van der Waals surface area (Å²) >= 11 is 2.44. The van der Waals surface area contributed by atoms with Gasteiger partial charge in [0, 0.05) is 5.56 Å². The number of hydrogen-bond donors (Lipinski definition) is 0. The van der Waals surface area contributed by atoms with E-state index < -0.39 is 0 Å². The van der Waals surface area contributed by atoms with E-state index in [1.807, 2.05) is 6.92 Å². The van der Waals surface area contributed by atoms with Crippen molar-refractivity contribution in [1.29, 1.82) is 0 Å². The number of halogens is 1. The van der Waals surface area contributed by atoms with Gasteiger partial charge in [0.2, 0.25) is 0 Å². The monoisotopic (exact) mass is 374 g/mol. The minimum absolute atomic E-state index is 0.903. The fourth-order valence-electron chi connectivity index (χ4n) is 2.27. The van der Waals surface area contributed by atoms with Crippen LogP contribution in [0.5, 0.6) is 0 Å². The third kappa shape index (κ3) is 3.86. The number of aryl methyl sites for hydroxylation is 1. The predicted octanol–water partition coefficient (Wildman–Crippen LogP) is 5.53. The average molecular weight is 374 g/mol. The second-order valence-electron chi connectivity index (χ2n) is 4.99. The molecule has 2 aromatic rings. The molecule has 0 heterocycles. The Morgan fingerprint density at radius 1 is 1.10 bits per heavy atom. The van der Waals surface area contributed by atoms with E-state index in [0.717, 1.165) is 17.6 Å². The van der Waals surface area contributed by atoms with Crippen molar-refractivity contribution in [2.24, 2.45) is 0 Å². The molecule has 0 nitrogen and oxygen atoms in total. The molecule has 0 aliphatic heterocycles. The van der Waals surface area contributed by atoms with Crippen LogP contribution in [0.4, 0.5) is 0 Å². The summed E-state index contributed by atoms with van der Waals surface area (Å²) in [6.07, 6.45) is 3.69. The Hall–Kier alpha value is -1.27. The molecule has 0 spiro atoms. The van der Waals surface area contributed by atoms with E-state index in [9.17, 15) is 0 Å². The molecule has 0 amide bonds. The highest BCUT2D eigenvalue weighted by Crippen LogP contribution is 2.24. The van der Waals surface area contributed by atoms with Crippen LogP contribution >= 0.6 is 22.6 Å². The van der Waals surface area contributed by atoms with Gasteiger partial charge in [0.25, 0.3) is 0 Å². The van der Waals surface area contributed by atoms with Crippen molar-refractivity contribution in [2.75, 3.05) is 4.43 Å². The highest BCUT2D eigenvalue weighted by molar-refractivity contribution is 14.1. The molecule has 0 saturated heterocycles. The topological polar surface area (TPSA) is 0 Å². The molecule has 0 unspecified atom stereocenters. The van der Waals surface area contributed by atoms with Gasteiger partial charge < -0.3 is 0 Å². The highest BCUT2D eigenvalue weighted by atomic mass is 127. The molecule has 2 rings (SSSR count). The van der Waals surface area contributed by atoms with E-state index >= 15 is 0 Å². The van der Waals surface area contributed by atoms with Gasteiger partial charge in [-0.3, -0.25) is 0 Å². The average Bonchev–Trinajstić information content (AvgIpc) is 2.46. The minimum Gasteiger partial charge on any atom is -0.0877 e. The smallest absolute Gasteiger partial charge is 0.0327 e. The van der Waals surface area contributed by atoms with Crippen molar-refractivity contribution in [3.63, 3.8) is 0 Å². The lowest BCUT2D eigenvalue weighted by atomic mass is 9.96. The lowest BCUT2D eigenvalue weighted by molar-refractivity contribution is 0.814. The van der Waals surface area contributed by atoms with Gasteiger partial charge >= 0.3 is 0 Å². The first kappa shape index (κ1) is 15.1. The maximum absolute atomic E-state index is 3.84. The number of unbranched alkanes of at least 4 members (excludes halogenated alkanes) is 1. The first-order valence-electron chi connectivity index (χ1n) is 6.96. The maximum Gasteiger partial charge on any atom is 0.0327 e. The second kappa shape index (κ2) is 7.50. The largest absolute Gasteiger partial charge is 0.0877 e. The van der Waals surface area contributed by atoms with Gasteiger partial charge in [-0.25, -0.2) is 0 Å². The lowest BCUT2D eigenvalue weighted by Gasteiger charge is -2.08. The first-order chi connectivity index (χ1) is 9.72. The van der Waals surface area contributed by atoms with Crippen LogP contribution in [0.2, 0.25) is 0 Å². The number of rotatable bonds is 4. The first-order valence-corrected chi connectivity index (χ1v) is 8.49. The van der Waals surface area contributed by atoms with E-state index in [4.69, 9.17) is 0 Å². The van der Waals surface area contributed by atoms with Crippen molar-refractivity contribution in [2.45, 2.75) is 26.2 Å². The van der Waals surface area contributed by atoms with E-state index in [1.165, 1.54) is 33.6 Å². The van der Waals surface area contributed by atoms with Gasteiger partial charge in [-0.1, -0.05) is 71.3 Å². The van der Waals surface area contributed by atoms with Gasteiger partial charge in [-0.2, -0.15) is 0 Å². The normalized spacial score (nSPS) is 10.1. The molecular weight excluding hydrogens is 355 g/mol. The Kier molecular flexibility index (Phi) is 5.67. The third-order valence-electron chi connectivity index (χ3n) is 3.25. The fourth-order valence-corrected chi connectivity index (χ4v) is 2.81. The molecule has 102 valence electrons. The number of allylic oxidation sites excluding steroid dienone is 1. The summed E-state index contributed by atoms with van der Waals surface area (Å²) in [4.78, 5) is 0. The molecule has 0 radical (unpaired) electrons. The van der Waals surface area contributed by atoms with Crippen LogP contribution in [0.3, 0.4) is 0 Å². The predicted molar refractivity (Wildman–Crippen MR) is 97.5 cm³/mol. The van der Waals surface area contributed by atoms with Crippen LogP contribution < -0.4 is 0 Å². The van der Waals surface area contributed by atoms with Gasteiger partial charge in [0.15, 0.2) is 0 Å². The molecule has 2 aromatic carbocycles. The van der Waals surface area contributed by atoms with Crippen LogP contribution in [0.25, 0.3) is 10.8 Å². The number of hydrogen-bond acceptors (Lipinski definition) is 0. The van der Waals surface area contributed by atoms with Crippen molar-refractivity contribution in [3.05, 3.63) is 59.7 Å². The number of alkyl halides is 1. The van der Waals surface area contributed by atoms with Gasteiger partial charge in [0.05, 0.1) is 0 Å². The van der Waals surface area contributed by atoms with E-state index in [0.29, 0.717) is 0 Å². The summed E-state index contributed by atoms with van der Waals surface area (Å²) in [5.74, 6) is 6.31. The van der Waals surface area contributed by atoms with Crippen molar-refractivity contribution >= 4 is 33.4 Å². The molecule has 20 heavy (non-hydrogen) atoms. The zero-order chi connectivity index (χ0) is 14.4. The molecule has 0 fully saturated rings. The van der Waals surface area contributed by atoms with Gasteiger partial charge in [0.1, 0.15) is 0 Å². The Labute approximate surface area is 135 Å². The van der Waals surface area contributed by atoms with Crippen molar-refractivity contribution < 1.29 is 0 Å². The SMILES string of the molecule is C=C(C)C#Cc1ccc(CCCCI)c2ccccc12. The van der Waals surface area contributed by atoms with Crippen LogP contribution in [-0.4, -0.2) is 4.43 Å². The van der Waals surface area contributed by atoms with Crippen LogP contribution in [-0.2, 0) is 6.42 Å². The molecule has 1 heteroatoms. The molecule has 0 bridgehead atoms. The molecule has 0 aliphatic carbocycles. The molecular formula is C19H19I. The third-order valence-corrected chi connectivity index (χ3v) is 4.02. The zero-order valence-electron chi connectivity index (χ0n) is 11.9. The Morgan fingerprint density at radius 3 is 2.55 bits per heavy atom. The lowest BCUT2D eigenvalue weighted by Crippen LogP contribution is -1.90. The van der Waals surface area contributed by atoms with E-state index in [2.05, 4.69) is 77.4 Å². The van der Waals surface area contributed by atoms with E-state index in [-0.39, 0.29) is 0 Å². The zero-order valence-corrected chi connectivity index (χ0v) is 14.0. The van der Waals surface area contributed by atoms with Crippen molar-refractivity contribution in [3.8, 4) is 11.8 Å². The van der Waals surface area contributed by atoms with Crippen LogP contribution in [0, 0.1) is 11.8 Å². The van der Waals surface area contributed by atoms with E-state index in [1.54, 1.807) is 0 Å². The molecule has 0 aliphatic rings. The second-order valence-corrected chi connectivity index (χ2v) is 6.07. The molecule has 0 N–H and O–H groups in total. The summed E-state index contributed by atoms with van der Waals surface area (Å²) < 4.78 is 1.23. The number of benzene rings is 2. The molecule has 0 saturated carbocycles. The Bertz CT molecular complexity index is 671. The van der Waals surface area contributed by atoms with Crippen molar-refractivity contribution in [1.82, 2.24) is 0 Å². The summed E-state index contributed by atoms with van der Waals surface area (Å²) in [7, 11) is 0. The van der Waals surface area contributed by atoms with Gasteiger partial charge in [-0.15, -0.1) is 0 Å². The fraction of sp³-hybridized carbons (Fsp3) is 0.263. The quantitative estimate of drug-likeness (QED) is 0.286. The highest BCUT2D eigenvalue weighted by Gasteiger charge is 2.04. The molecule has 0 aromatic heterocycles. The Balaban J connectivity index is 2.42. The summed E-state index contributed by atoms with van der Waals surface area (Å²) in [5.41, 5.74) is 3.44. The number of fused-ring (bicyclic) bond motifs is 1. The van der Waals surface area contributed by atoms with Crippen LogP contribution in [0.1, 0.15) is 30.9 Å². The maximum atomic E-state index is 3.84. The Morgan fingerprint density at radius 2 is 1.85 bits per heavy atom. The van der Waals surface area contributed by atoms with Crippen LogP contribution in [0.15, 0.2) is 48.6 Å². The summed E-state index contributed by atoms with van der Waals surface area (Å²) in [6.45, 7) is 5.78. The molecule has 0 atom stereocenters. The minimum atomic E-state index is 0.903. The summed E-state index contributed by atoms with van der Waals surface area (Å²) in [5, 5.41) is 2.60. The standard InChI is InChI=1S/C19H19I/c1-15(2)10-11-17-13-12-16(7-5-6-14-20)18-8-3-4-9-19(17)18/h3-4,8-9,12-13H,1,5-7,14H2,2H3. The van der Waals surface area contributed by atoms with Gasteiger partial charge in [-0.05, 0) is 58.6 Å².